The van der Waals surface area contributed by atoms with Gasteiger partial charge in [-0.25, -0.2) is 15.0 Å². The van der Waals surface area contributed by atoms with Crippen molar-refractivity contribution >= 4 is 32.6 Å². The Morgan fingerprint density at radius 3 is 2.81 bits per heavy atom. The molecule has 162 valence electrons. The minimum absolute atomic E-state index is 0.255. The van der Waals surface area contributed by atoms with E-state index in [2.05, 4.69) is 25.1 Å². The first kappa shape index (κ1) is 20.1. The first-order valence-corrected chi connectivity index (χ1v) is 11.6. The summed E-state index contributed by atoms with van der Waals surface area (Å²) in [5.74, 6) is 0.750. The van der Waals surface area contributed by atoms with E-state index in [1.165, 1.54) is 51.2 Å². The maximum absolute atomic E-state index is 11.6. The quantitative estimate of drug-likeness (QED) is 0.654. The summed E-state index contributed by atoms with van der Waals surface area (Å²) in [6, 6.07) is 6.52. The van der Waals surface area contributed by atoms with Crippen molar-refractivity contribution in [3.05, 3.63) is 36.3 Å². The largest absolute Gasteiger partial charge is 0.437 e. The lowest BCUT2D eigenvalue weighted by molar-refractivity contribution is 0.0957. The number of anilines is 1. The number of rotatable bonds is 5. The third-order valence-electron chi connectivity index (χ3n) is 6.00. The van der Waals surface area contributed by atoms with Gasteiger partial charge in [0.15, 0.2) is 5.13 Å². The van der Waals surface area contributed by atoms with E-state index in [0.717, 1.165) is 28.4 Å². The maximum Gasteiger partial charge on any atom is 0.271 e. The van der Waals surface area contributed by atoms with Gasteiger partial charge in [0.2, 0.25) is 5.88 Å². The molecule has 31 heavy (non-hydrogen) atoms. The van der Waals surface area contributed by atoms with Crippen LogP contribution < -0.4 is 15.0 Å². The van der Waals surface area contributed by atoms with E-state index in [4.69, 9.17) is 9.72 Å². The highest BCUT2D eigenvalue weighted by Crippen LogP contribution is 2.34. The molecule has 2 aliphatic heterocycles. The number of benzene rings is 1. The van der Waals surface area contributed by atoms with Gasteiger partial charge in [0, 0.05) is 32.2 Å². The van der Waals surface area contributed by atoms with Gasteiger partial charge in [-0.1, -0.05) is 17.8 Å². The molecule has 0 aliphatic carbocycles. The number of fused-ring (bicyclic) bond motifs is 1. The Labute approximate surface area is 185 Å². The van der Waals surface area contributed by atoms with Gasteiger partial charge in [-0.15, -0.1) is 0 Å². The molecule has 1 aromatic carbocycles. The summed E-state index contributed by atoms with van der Waals surface area (Å²) in [5, 5.41) is 3.61. The van der Waals surface area contributed by atoms with E-state index in [9.17, 15) is 4.79 Å². The van der Waals surface area contributed by atoms with Crippen LogP contribution in [0.5, 0.6) is 11.6 Å². The second-order valence-corrected chi connectivity index (χ2v) is 9.04. The lowest BCUT2D eigenvalue weighted by Gasteiger charge is -2.32. The number of nitrogens with zero attached hydrogens (tertiary/aromatic N) is 5. The van der Waals surface area contributed by atoms with Gasteiger partial charge in [0.25, 0.3) is 5.91 Å². The van der Waals surface area contributed by atoms with Crippen molar-refractivity contribution in [3.63, 3.8) is 0 Å². The molecule has 2 fully saturated rings. The molecule has 0 unspecified atom stereocenters. The number of piperidine rings is 1. The Balaban J connectivity index is 1.27. The molecule has 2 aliphatic rings. The molecule has 1 N–H and O–H groups in total. The number of amides is 1. The van der Waals surface area contributed by atoms with E-state index in [1.54, 1.807) is 18.4 Å². The van der Waals surface area contributed by atoms with Crippen LogP contribution in [0.3, 0.4) is 0 Å². The van der Waals surface area contributed by atoms with Gasteiger partial charge in [0.1, 0.15) is 11.4 Å². The smallest absolute Gasteiger partial charge is 0.271 e. The fourth-order valence-electron chi connectivity index (χ4n) is 4.32. The van der Waals surface area contributed by atoms with Crippen molar-refractivity contribution in [1.29, 1.82) is 0 Å². The molecular formula is C22H26N6O2S. The van der Waals surface area contributed by atoms with Crippen LogP contribution in [0.1, 0.15) is 36.2 Å². The summed E-state index contributed by atoms with van der Waals surface area (Å²) in [6.07, 6.45) is 8.12. The fraction of sp³-hybridized carbons (Fsp3) is 0.455. The molecule has 0 bridgehead atoms. The molecule has 0 radical (unpaired) electrons. The number of thiazole rings is 1. The fourth-order valence-corrected chi connectivity index (χ4v) is 5.35. The number of aromatic nitrogens is 3. The molecular weight excluding hydrogens is 412 g/mol. The normalized spacial score (nSPS) is 19.6. The average Bonchev–Trinajstić information content (AvgIpc) is 3.47. The molecule has 1 amide bonds. The molecule has 4 heterocycles. The summed E-state index contributed by atoms with van der Waals surface area (Å²) < 4.78 is 6.93. The number of nitrogens with one attached hydrogen (secondary N) is 1. The number of hydrogen-bond acceptors (Lipinski definition) is 8. The average molecular weight is 439 g/mol. The highest BCUT2D eigenvalue weighted by atomic mass is 32.1. The maximum atomic E-state index is 11.6. The molecule has 0 spiro atoms. The summed E-state index contributed by atoms with van der Waals surface area (Å²) >= 11 is 1.70. The van der Waals surface area contributed by atoms with Crippen LogP contribution in [0.25, 0.3) is 10.2 Å². The second kappa shape index (κ2) is 8.76. The van der Waals surface area contributed by atoms with Crippen LogP contribution in [0.2, 0.25) is 0 Å². The minimum atomic E-state index is -0.276. The first-order valence-electron chi connectivity index (χ1n) is 10.8. The van der Waals surface area contributed by atoms with Crippen LogP contribution in [0, 0.1) is 0 Å². The molecule has 3 aromatic rings. The van der Waals surface area contributed by atoms with E-state index >= 15 is 0 Å². The Morgan fingerprint density at radius 2 is 2.03 bits per heavy atom. The van der Waals surface area contributed by atoms with Crippen molar-refractivity contribution in [3.8, 4) is 11.6 Å². The molecule has 1 atom stereocenters. The van der Waals surface area contributed by atoms with Gasteiger partial charge >= 0.3 is 0 Å². The van der Waals surface area contributed by atoms with E-state index in [1.807, 2.05) is 18.2 Å². The Kier molecular flexibility index (Phi) is 5.69. The van der Waals surface area contributed by atoms with Gasteiger partial charge in [-0.05, 0) is 44.5 Å². The van der Waals surface area contributed by atoms with Crippen LogP contribution >= 0.6 is 11.3 Å². The summed E-state index contributed by atoms with van der Waals surface area (Å²) in [5.41, 5.74) is 1.24. The highest BCUT2D eigenvalue weighted by Gasteiger charge is 2.30. The standard InChI is InChI=1S/C22H26N6O2S/c1-23-21(29)18-12-25-20(13-24-18)30-16-5-6-17-19(11-16)31-22(26-17)28-10-7-15(14-28)27-8-3-2-4-9-27/h5-6,11-13,15H,2-4,7-10,14H2,1H3,(H,23,29)/t15-/m1/s1. The van der Waals surface area contributed by atoms with Gasteiger partial charge in [0.05, 0.1) is 22.6 Å². The third-order valence-corrected chi connectivity index (χ3v) is 7.08. The predicted molar refractivity (Wildman–Crippen MR) is 121 cm³/mol. The zero-order chi connectivity index (χ0) is 21.2. The number of carbonyl (C=O) groups excluding carboxylic acids is 1. The Morgan fingerprint density at radius 1 is 1.16 bits per heavy atom. The summed E-state index contributed by atoms with van der Waals surface area (Å²) in [4.78, 5) is 29.8. The molecule has 5 rings (SSSR count). The second-order valence-electron chi connectivity index (χ2n) is 8.03. The number of carbonyl (C=O) groups is 1. The predicted octanol–water partition coefficient (Wildman–Crippen LogP) is 3.30. The SMILES string of the molecule is CNC(=O)c1cnc(Oc2ccc3nc(N4CC[C@@H](N5CCCCC5)C4)sc3c2)cn1. The number of likely N-dealkylation sites (tertiary alicyclic amines) is 1. The number of hydrogen-bond donors (Lipinski definition) is 1. The van der Waals surface area contributed by atoms with Gasteiger partial charge < -0.3 is 15.0 Å². The first-order chi connectivity index (χ1) is 15.2. The van der Waals surface area contributed by atoms with E-state index in [0.29, 0.717) is 17.7 Å². The zero-order valence-electron chi connectivity index (χ0n) is 17.6. The van der Waals surface area contributed by atoms with Gasteiger partial charge in [-0.2, -0.15) is 0 Å². The topological polar surface area (TPSA) is 83.5 Å². The van der Waals surface area contributed by atoms with Crippen molar-refractivity contribution < 1.29 is 9.53 Å². The highest BCUT2D eigenvalue weighted by molar-refractivity contribution is 7.22. The van der Waals surface area contributed by atoms with Crippen LogP contribution in [0.4, 0.5) is 5.13 Å². The van der Waals surface area contributed by atoms with E-state index < -0.39 is 0 Å². The lowest BCUT2D eigenvalue weighted by Crippen LogP contribution is -2.40. The molecule has 8 nitrogen and oxygen atoms in total. The third kappa shape index (κ3) is 4.33. The lowest BCUT2D eigenvalue weighted by atomic mass is 10.1. The Hall–Kier alpha value is -2.78. The summed E-state index contributed by atoms with van der Waals surface area (Å²) in [7, 11) is 1.56. The monoisotopic (exact) mass is 438 g/mol. The zero-order valence-corrected chi connectivity index (χ0v) is 18.4. The van der Waals surface area contributed by atoms with Crippen LogP contribution in [-0.2, 0) is 0 Å². The Bertz CT molecular complexity index is 1060. The molecule has 2 aromatic heterocycles. The van der Waals surface area contributed by atoms with Gasteiger partial charge in [-0.3, -0.25) is 9.69 Å². The van der Waals surface area contributed by atoms with Crippen molar-refractivity contribution in [2.24, 2.45) is 0 Å². The minimum Gasteiger partial charge on any atom is -0.437 e. The molecule has 0 saturated carbocycles. The van der Waals surface area contributed by atoms with E-state index in [-0.39, 0.29) is 11.6 Å². The van der Waals surface area contributed by atoms with Crippen molar-refractivity contribution in [1.82, 2.24) is 25.2 Å². The molecule has 2 saturated heterocycles. The van der Waals surface area contributed by atoms with Crippen molar-refractivity contribution in [2.75, 3.05) is 38.1 Å². The van der Waals surface area contributed by atoms with Crippen LogP contribution in [0.15, 0.2) is 30.6 Å². The molecule has 9 heteroatoms. The number of ether oxygens (including phenoxy) is 1. The van der Waals surface area contributed by atoms with Crippen LogP contribution in [-0.4, -0.2) is 65.0 Å². The van der Waals surface area contributed by atoms with Crippen molar-refractivity contribution in [2.45, 2.75) is 31.7 Å². The summed E-state index contributed by atoms with van der Waals surface area (Å²) in [6.45, 7) is 4.62.